The quantitative estimate of drug-likeness (QED) is 0.0211. The Kier molecular flexibility index (Phi) is 65.0. The minimum absolute atomic E-state index is 0.0278. The van der Waals surface area contributed by atoms with Gasteiger partial charge >= 0.3 is 19.8 Å². The van der Waals surface area contributed by atoms with Crippen LogP contribution < -0.4 is 0 Å². The van der Waals surface area contributed by atoms with E-state index in [1.807, 2.05) is 21.1 Å². The summed E-state index contributed by atoms with van der Waals surface area (Å²) in [6, 6.07) is 0. The van der Waals surface area contributed by atoms with Crippen molar-refractivity contribution in [2.75, 3.05) is 47.5 Å². The summed E-state index contributed by atoms with van der Waals surface area (Å²) in [5.74, 6) is -0.795. The lowest BCUT2D eigenvalue weighted by Crippen LogP contribution is -2.37. The molecule has 0 aliphatic rings. The normalized spacial score (nSPS) is 13.8. The molecule has 1 N–H and O–H groups in total. The summed E-state index contributed by atoms with van der Waals surface area (Å²) in [4.78, 5) is 35.9. The van der Waals surface area contributed by atoms with E-state index in [4.69, 9.17) is 18.5 Å². The number of hydrogen-bond acceptors (Lipinski definition) is 7. The predicted octanol–water partition coefficient (Wildman–Crippen LogP) is 23.8. The van der Waals surface area contributed by atoms with E-state index in [2.05, 4.69) is 135 Å². The molecule has 0 saturated heterocycles. The van der Waals surface area contributed by atoms with E-state index >= 15 is 0 Å². The molecule has 506 valence electrons. The Balaban J connectivity index is 4.06. The summed E-state index contributed by atoms with van der Waals surface area (Å²) in [7, 11) is 1.47. The number of carbonyl (C=O) groups excluding carboxylic acids is 2. The maximum atomic E-state index is 12.9. The van der Waals surface area contributed by atoms with Crippen LogP contribution in [0.3, 0.4) is 0 Å². The minimum Gasteiger partial charge on any atom is -0.462 e. The molecule has 0 heterocycles. The van der Waals surface area contributed by atoms with Gasteiger partial charge in [-0.1, -0.05) is 328 Å². The van der Waals surface area contributed by atoms with Crippen molar-refractivity contribution in [1.82, 2.24) is 0 Å². The van der Waals surface area contributed by atoms with Crippen molar-refractivity contribution in [2.45, 2.75) is 315 Å². The molecule has 0 aliphatic carbocycles. The summed E-state index contributed by atoms with van der Waals surface area (Å²) in [6.45, 7) is 4.35. The molecular formula is C78H137NO8P+. The lowest BCUT2D eigenvalue weighted by Gasteiger charge is -2.24. The number of carbonyl (C=O) groups is 2. The molecule has 0 bridgehead atoms. The first-order valence-electron chi connectivity index (χ1n) is 36.3. The highest BCUT2D eigenvalue weighted by molar-refractivity contribution is 7.47. The highest BCUT2D eigenvalue weighted by Gasteiger charge is 2.27. The van der Waals surface area contributed by atoms with Gasteiger partial charge in [-0.15, -0.1) is 0 Å². The second-order valence-corrected chi connectivity index (χ2v) is 26.7. The van der Waals surface area contributed by atoms with Crippen molar-refractivity contribution in [1.29, 1.82) is 0 Å². The van der Waals surface area contributed by atoms with Crippen LogP contribution in [-0.2, 0) is 32.7 Å². The molecule has 2 unspecified atom stereocenters. The Hall–Kier alpha value is -3.59. The van der Waals surface area contributed by atoms with Crippen molar-refractivity contribution >= 4 is 19.8 Å². The second kappa shape index (κ2) is 67.8. The summed E-state index contributed by atoms with van der Waals surface area (Å²) in [6.07, 6.45) is 97.3. The van der Waals surface area contributed by atoms with Crippen molar-refractivity contribution in [2.24, 2.45) is 0 Å². The Bertz CT molecular complexity index is 1900. The van der Waals surface area contributed by atoms with Gasteiger partial charge in [-0.2, -0.15) is 0 Å². The Morgan fingerprint density at radius 1 is 0.364 bits per heavy atom. The van der Waals surface area contributed by atoms with Gasteiger partial charge in [-0.3, -0.25) is 18.6 Å². The number of unbranched alkanes of at least 4 members (excludes halogenated alkanes) is 32. The molecule has 88 heavy (non-hydrogen) atoms. The number of allylic oxidation sites excluding steroid dienone is 20. The molecule has 0 saturated carbocycles. The zero-order valence-corrected chi connectivity index (χ0v) is 58.6. The highest BCUT2D eigenvalue weighted by atomic mass is 31.2. The molecule has 0 fully saturated rings. The Morgan fingerprint density at radius 2 is 0.648 bits per heavy atom. The van der Waals surface area contributed by atoms with E-state index in [0.29, 0.717) is 17.4 Å². The first kappa shape index (κ1) is 84.4. The molecule has 0 amide bonds. The molecular weight excluding hydrogens is 1110 g/mol. The number of quaternary nitrogens is 1. The predicted molar refractivity (Wildman–Crippen MR) is 381 cm³/mol. The molecule has 9 nitrogen and oxygen atoms in total. The van der Waals surface area contributed by atoms with E-state index in [1.54, 1.807) is 0 Å². The SMILES string of the molecule is CC/C=C\C/C=C\C/C=C\C/C=C\C/C=C\C/C=C\C/C=C\C/C=C\C/C=C\C/C=C\CCCCCCCCCCCCC(=O)OC(COC(=O)CCCCCCCCCCCCCCCCCCCCCCCCC)COP(=O)(O)OCC[N+](C)(C)C. The second-order valence-electron chi connectivity index (χ2n) is 25.3. The van der Waals surface area contributed by atoms with Gasteiger partial charge in [0, 0.05) is 12.8 Å². The largest absolute Gasteiger partial charge is 0.472 e. The fourth-order valence-electron chi connectivity index (χ4n) is 9.99. The van der Waals surface area contributed by atoms with Gasteiger partial charge in [0.2, 0.25) is 0 Å². The third-order valence-corrected chi connectivity index (χ3v) is 16.5. The van der Waals surface area contributed by atoms with E-state index in [9.17, 15) is 19.0 Å². The third-order valence-electron chi connectivity index (χ3n) is 15.5. The number of hydrogen-bond donors (Lipinski definition) is 1. The van der Waals surface area contributed by atoms with Crippen LogP contribution in [0, 0.1) is 0 Å². The van der Waals surface area contributed by atoms with Crippen molar-refractivity contribution in [3.05, 3.63) is 122 Å². The van der Waals surface area contributed by atoms with Gasteiger partial charge in [0.25, 0.3) is 0 Å². The van der Waals surface area contributed by atoms with Crippen molar-refractivity contribution in [3.63, 3.8) is 0 Å². The average Bonchev–Trinajstić information content (AvgIpc) is 3.58. The molecule has 10 heteroatoms. The van der Waals surface area contributed by atoms with E-state index in [0.717, 1.165) is 109 Å². The van der Waals surface area contributed by atoms with Crippen LogP contribution >= 0.6 is 7.82 Å². The third kappa shape index (κ3) is 71.5. The first-order chi connectivity index (χ1) is 43.0. The smallest absolute Gasteiger partial charge is 0.462 e. The number of phosphoric acid groups is 1. The Morgan fingerprint density at radius 3 is 0.966 bits per heavy atom. The maximum Gasteiger partial charge on any atom is 0.472 e. The van der Waals surface area contributed by atoms with Gasteiger partial charge in [-0.05, 0) is 89.9 Å². The van der Waals surface area contributed by atoms with Crippen LogP contribution in [0.15, 0.2) is 122 Å². The summed E-state index contributed by atoms with van der Waals surface area (Å²) in [5, 5.41) is 0. The van der Waals surface area contributed by atoms with E-state index < -0.39 is 26.5 Å². The van der Waals surface area contributed by atoms with E-state index in [-0.39, 0.29) is 32.0 Å². The molecule has 2 atom stereocenters. The number of nitrogens with zero attached hydrogens (tertiary/aromatic N) is 1. The lowest BCUT2D eigenvalue weighted by molar-refractivity contribution is -0.870. The number of likely N-dealkylation sites (N-methyl/N-ethyl adjacent to an activating group) is 1. The summed E-state index contributed by atoms with van der Waals surface area (Å²) >= 11 is 0. The maximum absolute atomic E-state index is 12.9. The average molecular weight is 1250 g/mol. The lowest BCUT2D eigenvalue weighted by atomic mass is 10.0. The molecule has 0 aliphatic heterocycles. The van der Waals surface area contributed by atoms with Crippen LogP contribution in [0.4, 0.5) is 0 Å². The minimum atomic E-state index is -4.40. The fourth-order valence-corrected chi connectivity index (χ4v) is 10.7. The van der Waals surface area contributed by atoms with Gasteiger partial charge in [0.05, 0.1) is 27.7 Å². The zero-order chi connectivity index (χ0) is 64.1. The highest BCUT2D eigenvalue weighted by Crippen LogP contribution is 2.43. The number of ether oxygens (including phenoxy) is 2. The number of esters is 2. The molecule has 0 spiro atoms. The van der Waals surface area contributed by atoms with Crippen LogP contribution in [0.1, 0.15) is 309 Å². The van der Waals surface area contributed by atoms with Gasteiger partial charge in [0.15, 0.2) is 6.10 Å². The number of phosphoric ester groups is 1. The molecule has 0 aromatic heterocycles. The number of rotatable bonds is 66. The first-order valence-corrected chi connectivity index (χ1v) is 37.8. The van der Waals surface area contributed by atoms with Crippen LogP contribution in [0.5, 0.6) is 0 Å². The zero-order valence-electron chi connectivity index (χ0n) is 57.7. The monoisotopic (exact) mass is 1250 g/mol. The summed E-state index contributed by atoms with van der Waals surface area (Å²) < 4.78 is 34.7. The van der Waals surface area contributed by atoms with E-state index in [1.165, 1.54) is 167 Å². The molecule has 0 aromatic carbocycles. The standard InChI is InChI=1S/C78H136NO8P/c1-6-8-10-12-14-16-18-20-22-24-26-28-30-31-32-33-34-35-36-37-38-39-40-41-42-43-44-45-46-47-49-51-53-55-57-59-61-63-65-67-69-71-78(81)87-76(75-86-88(82,83)85-73-72-79(3,4)5)74-84-77(80)70-68-66-64-62-60-58-56-54-52-50-48-29-27-25-23-21-19-17-15-13-11-9-7-2/h8,10,14,16,20,22,26,28,31-32,34-35,37-38,40-41,43-44,46-47,76H,6-7,9,11-13,15,17-19,21,23-25,27,29-30,33,36,39,42,45,48-75H2,1-5H3/p+1/b10-8-,16-14-,22-20-,28-26-,32-31-,35-34-,38-37-,41-40-,44-43-,47-46-. The topological polar surface area (TPSA) is 108 Å². The van der Waals surface area contributed by atoms with Gasteiger partial charge < -0.3 is 18.9 Å². The van der Waals surface area contributed by atoms with Crippen molar-refractivity contribution < 1.29 is 42.1 Å². The molecule has 0 rings (SSSR count). The van der Waals surface area contributed by atoms with Gasteiger partial charge in [-0.25, -0.2) is 4.57 Å². The van der Waals surface area contributed by atoms with Crippen LogP contribution in [-0.4, -0.2) is 74.9 Å². The molecule has 0 radical (unpaired) electrons. The van der Waals surface area contributed by atoms with Crippen LogP contribution in [0.25, 0.3) is 0 Å². The van der Waals surface area contributed by atoms with Crippen molar-refractivity contribution in [3.8, 4) is 0 Å². The molecule has 0 aromatic rings. The van der Waals surface area contributed by atoms with Crippen LogP contribution in [0.2, 0.25) is 0 Å². The van der Waals surface area contributed by atoms with Gasteiger partial charge in [0.1, 0.15) is 19.8 Å². The Labute approximate surface area is 543 Å². The summed E-state index contributed by atoms with van der Waals surface area (Å²) in [5.41, 5.74) is 0. The fraction of sp³-hybridized carbons (Fsp3) is 0.718.